The fraction of sp³-hybridized carbons (Fsp3) is 0.588. The molecule has 1 amide bonds. The molecule has 0 aliphatic rings. The lowest BCUT2D eigenvalue weighted by atomic mass is 9.88. The summed E-state index contributed by atoms with van der Waals surface area (Å²) in [7, 11) is 0. The predicted octanol–water partition coefficient (Wildman–Crippen LogP) is 2.78. The maximum absolute atomic E-state index is 12.2. The maximum Gasteiger partial charge on any atom is 0.223 e. The lowest BCUT2D eigenvalue weighted by Gasteiger charge is -2.26. The van der Waals surface area contributed by atoms with Crippen molar-refractivity contribution in [3.8, 4) is 0 Å². The molecule has 0 radical (unpaired) electrons. The molecule has 1 aromatic rings. The van der Waals surface area contributed by atoms with Crippen LogP contribution in [0.2, 0.25) is 0 Å². The summed E-state index contributed by atoms with van der Waals surface area (Å²) in [5, 5.41) is 12.3. The van der Waals surface area contributed by atoms with Gasteiger partial charge in [-0.15, -0.1) is 0 Å². The third-order valence-electron chi connectivity index (χ3n) is 3.26. The van der Waals surface area contributed by atoms with Gasteiger partial charge in [0.1, 0.15) is 0 Å². The van der Waals surface area contributed by atoms with Crippen LogP contribution in [-0.2, 0) is 11.2 Å². The van der Waals surface area contributed by atoms with Crippen LogP contribution in [0, 0.1) is 11.3 Å². The van der Waals surface area contributed by atoms with E-state index in [0.717, 1.165) is 18.4 Å². The Labute approximate surface area is 122 Å². The first-order valence-corrected chi connectivity index (χ1v) is 7.27. The smallest absolute Gasteiger partial charge is 0.223 e. The number of aliphatic hydroxyl groups excluding tert-OH is 1. The van der Waals surface area contributed by atoms with E-state index in [1.54, 1.807) is 0 Å². The van der Waals surface area contributed by atoms with Gasteiger partial charge in [0.05, 0.1) is 12.6 Å². The van der Waals surface area contributed by atoms with E-state index in [0.29, 0.717) is 0 Å². The van der Waals surface area contributed by atoms with Crippen LogP contribution in [0.3, 0.4) is 0 Å². The Kier molecular flexibility index (Phi) is 6.21. The third kappa shape index (κ3) is 6.20. The number of carbonyl (C=O) groups excluding carboxylic acids is 1. The Morgan fingerprint density at radius 3 is 2.35 bits per heavy atom. The van der Waals surface area contributed by atoms with Gasteiger partial charge < -0.3 is 10.4 Å². The Balaban J connectivity index is 2.52. The quantitative estimate of drug-likeness (QED) is 0.840. The van der Waals surface area contributed by atoms with Crippen molar-refractivity contribution in [2.75, 3.05) is 6.61 Å². The van der Waals surface area contributed by atoms with Gasteiger partial charge in [0.15, 0.2) is 0 Å². The van der Waals surface area contributed by atoms with Crippen molar-refractivity contribution in [2.45, 2.75) is 46.6 Å². The van der Waals surface area contributed by atoms with E-state index in [-0.39, 0.29) is 29.9 Å². The van der Waals surface area contributed by atoms with E-state index >= 15 is 0 Å². The van der Waals surface area contributed by atoms with Crippen molar-refractivity contribution < 1.29 is 9.90 Å². The molecule has 0 saturated heterocycles. The number of benzene rings is 1. The van der Waals surface area contributed by atoms with Crippen LogP contribution in [0.4, 0.5) is 0 Å². The van der Waals surface area contributed by atoms with Crippen LogP contribution in [0.5, 0.6) is 0 Å². The van der Waals surface area contributed by atoms with Gasteiger partial charge in [-0.05, 0) is 23.8 Å². The van der Waals surface area contributed by atoms with Crippen LogP contribution >= 0.6 is 0 Å². The minimum absolute atomic E-state index is 0.0113. The summed E-state index contributed by atoms with van der Waals surface area (Å²) in [4.78, 5) is 12.2. The van der Waals surface area contributed by atoms with Crippen molar-refractivity contribution >= 4 is 5.91 Å². The highest BCUT2D eigenvalue weighted by atomic mass is 16.3. The molecule has 2 N–H and O–H groups in total. The zero-order valence-electron chi connectivity index (χ0n) is 13.0. The Hall–Kier alpha value is -1.35. The molecule has 0 spiro atoms. The molecule has 0 aromatic heterocycles. The van der Waals surface area contributed by atoms with Crippen molar-refractivity contribution in [3.05, 3.63) is 35.9 Å². The van der Waals surface area contributed by atoms with Gasteiger partial charge in [-0.25, -0.2) is 0 Å². The minimum Gasteiger partial charge on any atom is -0.394 e. The van der Waals surface area contributed by atoms with Gasteiger partial charge >= 0.3 is 0 Å². The number of hydrogen-bond acceptors (Lipinski definition) is 2. The molecule has 0 bridgehead atoms. The Morgan fingerprint density at radius 2 is 1.85 bits per heavy atom. The second-order valence-corrected chi connectivity index (χ2v) is 6.74. The fourth-order valence-corrected chi connectivity index (χ4v) is 2.30. The highest BCUT2D eigenvalue weighted by Gasteiger charge is 2.22. The fourth-order valence-electron chi connectivity index (χ4n) is 2.30. The van der Waals surface area contributed by atoms with Crippen LogP contribution in [0.25, 0.3) is 0 Å². The molecule has 0 aliphatic carbocycles. The van der Waals surface area contributed by atoms with Gasteiger partial charge in [-0.2, -0.15) is 0 Å². The highest BCUT2D eigenvalue weighted by molar-refractivity contribution is 5.78. The SMILES string of the molecule is CC(Cc1ccccc1)C(=O)NC(CO)CC(C)(C)C. The molecule has 2 unspecified atom stereocenters. The van der Waals surface area contributed by atoms with Crippen LogP contribution in [0.15, 0.2) is 30.3 Å². The molecular weight excluding hydrogens is 250 g/mol. The monoisotopic (exact) mass is 277 g/mol. The molecule has 20 heavy (non-hydrogen) atoms. The zero-order valence-corrected chi connectivity index (χ0v) is 13.0. The molecule has 112 valence electrons. The topological polar surface area (TPSA) is 49.3 Å². The van der Waals surface area contributed by atoms with E-state index < -0.39 is 0 Å². The third-order valence-corrected chi connectivity index (χ3v) is 3.26. The van der Waals surface area contributed by atoms with E-state index in [1.165, 1.54) is 0 Å². The number of rotatable bonds is 6. The largest absolute Gasteiger partial charge is 0.394 e. The second-order valence-electron chi connectivity index (χ2n) is 6.74. The molecule has 0 fully saturated rings. The average Bonchev–Trinajstić information content (AvgIpc) is 2.37. The van der Waals surface area contributed by atoms with Gasteiger partial charge in [0.2, 0.25) is 5.91 Å². The molecule has 0 heterocycles. The summed E-state index contributed by atoms with van der Waals surface area (Å²) in [6.45, 7) is 8.23. The number of hydrogen-bond donors (Lipinski definition) is 2. The molecule has 1 aromatic carbocycles. The molecule has 1 rings (SSSR count). The van der Waals surface area contributed by atoms with Gasteiger partial charge in [0, 0.05) is 5.92 Å². The maximum atomic E-state index is 12.2. The summed E-state index contributed by atoms with van der Waals surface area (Å²) >= 11 is 0. The molecular formula is C17H27NO2. The summed E-state index contributed by atoms with van der Waals surface area (Å²) < 4.78 is 0. The zero-order chi connectivity index (χ0) is 15.2. The molecule has 3 heteroatoms. The summed E-state index contributed by atoms with van der Waals surface area (Å²) in [5.74, 6) is -0.0800. The van der Waals surface area contributed by atoms with Crippen LogP contribution in [-0.4, -0.2) is 23.7 Å². The van der Waals surface area contributed by atoms with Gasteiger partial charge in [0.25, 0.3) is 0 Å². The summed E-state index contributed by atoms with van der Waals surface area (Å²) in [6.07, 6.45) is 1.49. The van der Waals surface area contributed by atoms with Crippen molar-refractivity contribution in [1.29, 1.82) is 0 Å². The number of amides is 1. The Morgan fingerprint density at radius 1 is 1.25 bits per heavy atom. The first kappa shape index (κ1) is 16.7. The van der Waals surface area contributed by atoms with Crippen LogP contribution in [0.1, 0.15) is 39.7 Å². The molecule has 0 aliphatic heterocycles. The highest BCUT2D eigenvalue weighted by Crippen LogP contribution is 2.21. The molecule has 3 nitrogen and oxygen atoms in total. The number of nitrogens with one attached hydrogen (secondary N) is 1. The lowest BCUT2D eigenvalue weighted by molar-refractivity contribution is -0.125. The van der Waals surface area contributed by atoms with E-state index in [9.17, 15) is 9.90 Å². The van der Waals surface area contributed by atoms with E-state index in [2.05, 4.69) is 26.1 Å². The van der Waals surface area contributed by atoms with Crippen molar-refractivity contribution in [1.82, 2.24) is 5.32 Å². The number of carbonyl (C=O) groups is 1. The van der Waals surface area contributed by atoms with Crippen molar-refractivity contribution in [3.63, 3.8) is 0 Å². The van der Waals surface area contributed by atoms with Crippen molar-refractivity contribution in [2.24, 2.45) is 11.3 Å². The normalized spacial score (nSPS) is 14.7. The standard InChI is InChI=1S/C17H27NO2/c1-13(10-14-8-6-5-7-9-14)16(20)18-15(12-19)11-17(2,3)4/h5-9,13,15,19H,10-12H2,1-4H3,(H,18,20). The first-order chi connectivity index (χ1) is 9.31. The number of aliphatic hydroxyl groups is 1. The molecule has 0 saturated carbocycles. The summed E-state index contributed by atoms with van der Waals surface area (Å²) in [6, 6.07) is 9.83. The van der Waals surface area contributed by atoms with E-state index in [1.807, 2.05) is 37.3 Å². The summed E-state index contributed by atoms with van der Waals surface area (Å²) in [5.41, 5.74) is 1.25. The van der Waals surface area contributed by atoms with E-state index in [4.69, 9.17) is 0 Å². The van der Waals surface area contributed by atoms with Gasteiger partial charge in [-0.3, -0.25) is 4.79 Å². The van der Waals surface area contributed by atoms with Crippen LogP contribution < -0.4 is 5.32 Å². The Bertz CT molecular complexity index is 409. The predicted molar refractivity (Wildman–Crippen MR) is 82.4 cm³/mol. The average molecular weight is 277 g/mol. The minimum atomic E-state index is -0.166. The lowest BCUT2D eigenvalue weighted by Crippen LogP contribution is -2.42. The van der Waals surface area contributed by atoms with Gasteiger partial charge in [-0.1, -0.05) is 58.0 Å². The second kappa shape index (κ2) is 7.44. The first-order valence-electron chi connectivity index (χ1n) is 7.27. The molecule has 2 atom stereocenters.